The predicted octanol–water partition coefficient (Wildman–Crippen LogP) is 1.61. The van der Waals surface area contributed by atoms with Crippen molar-refractivity contribution in [1.29, 1.82) is 0 Å². The molecule has 2 nitrogen and oxygen atoms in total. The standard InChI is InChI=1S/C5H12INOS/c1-4(3-7-9)8-5(2)6/h4-5,7,9H,3H2,1-2H3. The maximum atomic E-state index is 5.37. The Hall–Kier alpha value is 1.000. The first-order valence-corrected chi connectivity index (χ1v) is 4.52. The molecular formula is C5H12INOS. The summed E-state index contributed by atoms with van der Waals surface area (Å²) in [6.45, 7) is 4.81. The van der Waals surface area contributed by atoms with E-state index in [1.54, 1.807) is 0 Å². The maximum Gasteiger partial charge on any atom is 0.106 e. The minimum absolute atomic E-state index is 0.245. The Bertz CT molecular complexity index is 72.0. The summed E-state index contributed by atoms with van der Waals surface area (Å²) in [6.07, 6.45) is 0.245. The number of ether oxygens (including phenoxy) is 1. The summed E-state index contributed by atoms with van der Waals surface area (Å²) < 4.78 is 8.38. The molecule has 0 aliphatic rings. The van der Waals surface area contributed by atoms with E-state index in [4.69, 9.17) is 4.74 Å². The van der Waals surface area contributed by atoms with Gasteiger partial charge in [-0.05, 0) is 13.8 Å². The van der Waals surface area contributed by atoms with Crippen molar-refractivity contribution in [2.75, 3.05) is 6.54 Å². The summed E-state index contributed by atoms with van der Waals surface area (Å²) in [7, 11) is 0. The van der Waals surface area contributed by atoms with Gasteiger partial charge in [0.25, 0.3) is 0 Å². The van der Waals surface area contributed by atoms with E-state index in [0.717, 1.165) is 6.54 Å². The molecule has 0 aromatic heterocycles. The molecule has 56 valence electrons. The van der Waals surface area contributed by atoms with E-state index in [9.17, 15) is 0 Å². The van der Waals surface area contributed by atoms with E-state index in [-0.39, 0.29) is 10.2 Å². The normalized spacial score (nSPS) is 17.3. The first-order valence-electron chi connectivity index (χ1n) is 2.83. The predicted molar refractivity (Wildman–Crippen MR) is 51.0 cm³/mol. The second kappa shape index (κ2) is 5.76. The van der Waals surface area contributed by atoms with Crippen molar-refractivity contribution in [3.63, 3.8) is 0 Å². The van der Waals surface area contributed by atoms with Crippen molar-refractivity contribution < 1.29 is 4.74 Å². The van der Waals surface area contributed by atoms with Gasteiger partial charge >= 0.3 is 0 Å². The van der Waals surface area contributed by atoms with E-state index >= 15 is 0 Å². The zero-order chi connectivity index (χ0) is 7.28. The minimum Gasteiger partial charge on any atom is -0.364 e. The zero-order valence-electron chi connectivity index (χ0n) is 5.60. The Morgan fingerprint density at radius 3 is 2.56 bits per heavy atom. The first-order chi connectivity index (χ1) is 4.16. The molecule has 0 aromatic carbocycles. The van der Waals surface area contributed by atoms with Crippen LogP contribution in [-0.2, 0) is 4.74 Å². The largest absolute Gasteiger partial charge is 0.364 e. The summed E-state index contributed by atoms with van der Waals surface area (Å²) in [4.78, 5) is 0. The average Bonchev–Trinajstić information content (AvgIpc) is 1.63. The van der Waals surface area contributed by atoms with E-state index in [1.807, 2.05) is 13.8 Å². The van der Waals surface area contributed by atoms with Crippen LogP contribution in [0.15, 0.2) is 0 Å². The quantitative estimate of drug-likeness (QED) is 0.456. The van der Waals surface area contributed by atoms with Crippen LogP contribution in [0.4, 0.5) is 0 Å². The fourth-order valence-corrected chi connectivity index (χ4v) is 1.26. The Kier molecular flexibility index (Phi) is 6.40. The van der Waals surface area contributed by atoms with Crippen LogP contribution in [0.1, 0.15) is 13.8 Å². The van der Waals surface area contributed by atoms with E-state index in [0.29, 0.717) is 0 Å². The number of hydrogen-bond acceptors (Lipinski definition) is 3. The van der Waals surface area contributed by atoms with Gasteiger partial charge in [-0.2, -0.15) is 0 Å². The molecule has 0 bridgehead atoms. The minimum atomic E-state index is 0.245. The molecule has 2 unspecified atom stereocenters. The second-order valence-electron chi connectivity index (χ2n) is 1.85. The fraction of sp³-hybridized carbons (Fsp3) is 1.00. The lowest BCUT2D eigenvalue weighted by atomic mass is 10.4. The van der Waals surface area contributed by atoms with Crippen LogP contribution in [0, 0.1) is 0 Å². The number of rotatable bonds is 4. The van der Waals surface area contributed by atoms with Gasteiger partial charge in [0.15, 0.2) is 0 Å². The molecule has 0 aliphatic carbocycles. The molecular weight excluding hydrogens is 249 g/mol. The molecule has 1 N–H and O–H groups in total. The van der Waals surface area contributed by atoms with Gasteiger partial charge < -0.3 is 4.74 Å². The highest BCUT2D eigenvalue weighted by atomic mass is 127. The smallest absolute Gasteiger partial charge is 0.106 e. The number of hydrogen-bond donors (Lipinski definition) is 2. The van der Waals surface area contributed by atoms with Gasteiger partial charge in [-0.3, -0.25) is 4.72 Å². The molecule has 0 radical (unpaired) electrons. The van der Waals surface area contributed by atoms with Crippen molar-refractivity contribution >= 4 is 35.4 Å². The number of thiol groups is 1. The van der Waals surface area contributed by atoms with Crippen molar-refractivity contribution in [3.05, 3.63) is 0 Å². The lowest BCUT2D eigenvalue weighted by molar-refractivity contribution is 0.0693. The Morgan fingerprint density at radius 2 is 2.22 bits per heavy atom. The molecule has 0 rings (SSSR count). The molecule has 9 heavy (non-hydrogen) atoms. The third kappa shape index (κ3) is 6.89. The van der Waals surface area contributed by atoms with Gasteiger partial charge in [0.1, 0.15) is 4.11 Å². The summed E-state index contributed by atoms with van der Waals surface area (Å²) in [5, 5.41) is 0. The van der Waals surface area contributed by atoms with Crippen LogP contribution in [0.2, 0.25) is 0 Å². The van der Waals surface area contributed by atoms with Crippen molar-refractivity contribution in [3.8, 4) is 0 Å². The molecule has 0 heterocycles. The van der Waals surface area contributed by atoms with Crippen LogP contribution in [0.5, 0.6) is 0 Å². The molecule has 0 aliphatic heterocycles. The fourth-order valence-electron chi connectivity index (χ4n) is 0.497. The van der Waals surface area contributed by atoms with Crippen molar-refractivity contribution in [1.82, 2.24) is 4.72 Å². The summed E-state index contributed by atoms with van der Waals surface area (Å²) in [6, 6.07) is 0. The van der Waals surface area contributed by atoms with Gasteiger partial charge in [-0.25, -0.2) is 0 Å². The Balaban J connectivity index is 3.15. The van der Waals surface area contributed by atoms with Gasteiger partial charge in [0.05, 0.1) is 6.10 Å². The summed E-state index contributed by atoms with van der Waals surface area (Å²) in [5.41, 5.74) is 0. The van der Waals surface area contributed by atoms with Crippen molar-refractivity contribution in [2.24, 2.45) is 0 Å². The topological polar surface area (TPSA) is 21.3 Å². The number of halogens is 1. The molecule has 2 atom stereocenters. The molecule has 0 saturated heterocycles. The Morgan fingerprint density at radius 1 is 1.67 bits per heavy atom. The lowest BCUT2D eigenvalue weighted by Crippen LogP contribution is -2.22. The number of alkyl halides is 1. The monoisotopic (exact) mass is 261 g/mol. The van der Waals surface area contributed by atoms with Crippen molar-refractivity contribution in [2.45, 2.75) is 24.1 Å². The van der Waals surface area contributed by atoms with Gasteiger partial charge in [0.2, 0.25) is 0 Å². The first kappa shape index (κ1) is 10.0. The summed E-state index contributed by atoms with van der Waals surface area (Å²) in [5.74, 6) is 0. The molecule has 4 heteroatoms. The maximum absolute atomic E-state index is 5.37. The zero-order valence-corrected chi connectivity index (χ0v) is 8.65. The highest BCUT2D eigenvalue weighted by Gasteiger charge is 2.02. The van der Waals surface area contributed by atoms with Gasteiger partial charge in [0, 0.05) is 6.54 Å². The second-order valence-corrected chi connectivity index (χ2v) is 3.92. The third-order valence-corrected chi connectivity index (χ3v) is 1.27. The van der Waals surface area contributed by atoms with Crippen LogP contribution in [-0.4, -0.2) is 16.8 Å². The molecule has 0 spiro atoms. The third-order valence-electron chi connectivity index (χ3n) is 0.799. The molecule has 0 fully saturated rings. The highest BCUT2D eigenvalue weighted by molar-refractivity contribution is 14.1. The molecule has 0 aromatic rings. The summed E-state index contributed by atoms with van der Waals surface area (Å²) >= 11 is 6.07. The van der Waals surface area contributed by atoms with Crippen LogP contribution < -0.4 is 4.72 Å². The highest BCUT2D eigenvalue weighted by Crippen LogP contribution is 2.03. The van der Waals surface area contributed by atoms with E-state index in [2.05, 4.69) is 40.1 Å². The SMILES string of the molecule is CC(I)OC(C)CNS. The molecule has 0 saturated carbocycles. The van der Waals surface area contributed by atoms with Gasteiger partial charge in [-0.15, -0.1) is 0 Å². The van der Waals surface area contributed by atoms with Crippen LogP contribution in [0.25, 0.3) is 0 Å². The van der Waals surface area contributed by atoms with E-state index in [1.165, 1.54) is 0 Å². The molecule has 0 amide bonds. The Labute approximate surface area is 75.4 Å². The lowest BCUT2D eigenvalue weighted by Gasteiger charge is -2.13. The van der Waals surface area contributed by atoms with Crippen LogP contribution >= 0.6 is 35.4 Å². The average molecular weight is 261 g/mol. The van der Waals surface area contributed by atoms with Gasteiger partial charge in [-0.1, -0.05) is 35.4 Å². The number of nitrogens with one attached hydrogen (secondary N) is 1. The van der Waals surface area contributed by atoms with Crippen LogP contribution in [0.3, 0.4) is 0 Å². The van der Waals surface area contributed by atoms with E-state index < -0.39 is 0 Å².